The normalized spacial score (nSPS) is 13.0. The average molecular weight is 280 g/mol. The van der Waals surface area contributed by atoms with Crippen molar-refractivity contribution in [3.8, 4) is 6.07 Å². The van der Waals surface area contributed by atoms with E-state index in [1.807, 2.05) is 44.5 Å². The highest BCUT2D eigenvalue weighted by atomic mass is 31.2. The second-order valence-electron chi connectivity index (χ2n) is 4.91. The second-order valence-corrected chi connectivity index (χ2v) is 6.13. The van der Waals surface area contributed by atoms with Crippen LogP contribution in [0.5, 0.6) is 0 Å². The van der Waals surface area contributed by atoms with E-state index in [-0.39, 0.29) is 12.1 Å². The van der Waals surface area contributed by atoms with Crippen LogP contribution in [0.4, 0.5) is 0 Å². The van der Waals surface area contributed by atoms with Crippen LogP contribution in [0.3, 0.4) is 0 Å². The van der Waals surface area contributed by atoms with Gasteiger partial charge < -0.3 is 9.42 Å². The molecule has 0 aliphatic heterocycles. The van der Waals surface area contributed by atoms with Crippen LogP contribution in [0.15, 0.2) is 24.3 Å². The molecule has 1 N–H and O–H groups in total. The van der Waals surface area contributed by atoms with E-state index in [1.54, 1.807) is 12.1 Å². The molecule has 0 heterocycles. The molecule has 0 fully saturated rings. The molecule has 0 aromatic heterocycles. The lowest BCUT2D eigenvalue weighted by atomic mass is 10.1. The fraction of sp³-hybridized carbons (Fsp3) is 0.500. The summed E-state index contributed by atoms with van der Waals surface area (Å²) >= 11 is 0. The molecule has 0 amide bonds. The predicted octanol–water partition coefficient (Wildman–Crippen LogP) is 3.41. The van der Waals surface area contributed by atoms with Crippen molar-refractivity contribution >= 4 is 8.53 Å². The number of nitrogens with zero attached hydrogens (tertiary/aromatic N) is 2. The van der Waals surface area contributed by atoms with E-state index >= 15 is 0 Å². The smallest absolute Gasteiger partial charge is 0.256 e. The van der Waals surface area contributed by atoms with Gasteiger partial charge in [-0.3, -0.25) is 0 Å². The largest absolute Gasteiger partial charge is 0.338 e. The highest BCUT2D eigenvalue weighted by molar-refractivity contribution is 7.43. The third-order valence-corrected chi connectivity index (χ3v) is 4.34. The van der Waals surface area contributed by atoms with Crippen molar-refractivity contribution in [2.24, 2.45) is 0 Å². The van der Waals surface area contributed by atoms with E-state index in [0.717, 1.165) is 5.56 Å². The van der Waals surface area contributed by atoms with Gasteiger partial charge in [0.1, 0.15) is 0 Å². The number of nitriles is 1. The minimum absolute atomic E-state index is 0.224. The predicted molar refractivity (Wildman–Crippen MR) is 77.2 cm³/mol. The van der Waals surface area contributed by atoms with Crippen LogP contribution in [-0.2, 0) is 11.1 Å². The Morgan fingerprint density at radius 2 is 1.95 bits per heavy atom. The summed E-state index contributed by atoms with van der Waals surface area (Å²) in [6, 6.07) is 9.77. The molecule has 0 radical (unpaired) electrons. The zero-order chi connectivity index (χ0) is 14.4. The molecular formula is C14H21N2O2P. The first-order valence-corrected chi connectivity index (χ1v) is 7.51. The fourth-order valence-corrected chi connectivity index (χ4v) is 3.11. The Morgan fingerprint density at radius 3 is 2.47 bits per heavy atom. The minimum atomic E-state index is -1.61. The Hall–Kier alpha value is -0.980. The summed E-state index contributed by atoms with van der Waals surface area (Å²) in [4.78, 5) is 10.1. The maximum Gasteiger partial charge on any atom is 0.256 e. The van der Waals surface area contributed by atoms with Crippen LogP contribution in [0.2, 0.25) is 0 Å². The van der Waals surface area contributed by atoms with E-state index in [1.165, 1.54) is 0 Å². The summed E-state index contributed by atoms with van der Waals surface area (Å²) in [5.74, 6) is 0. The Kier molecular flexibility index (Phi) is 6.41. The highest BCUT2D eigenvalue weighted by Crippen LogP contribution is 2.41. The Balaban J connectivity index is 2.62. The van der Waals surface area contributed by atoms with E-state index in [9.17, 15) is 4.89 Å². The summed E-state index contributed by atoms with van der Waals surface area (Å²) < 4.78 is 7.50. The molecule has 0 spiro atoms. The van der Waals surface area contributed by atoms with Crippen molar-refractivity contribution < 1.29 is 9.42 Å². The summed E-state index contributed by atoms with van der Waals surface area (Å²) in [5, 5.41) is 8.83. The van der Waals surface area contributed by atoms with Crippen LogP contribution >= 0.6 is 8.53 Å². The molecule has 0 aliphatic carbocycles. The lowest BCUT2D eigenvalue weighted by molar-refractivity contribution is 0.206. The first kappa shape index (κ1) is 16.1. The molecule has 0 bridgehead atoms. The van der Waals surface area contributed by atoms with Gasteiger partial charge in [-0.05, 0) is 45.4 Å². The quantitative estimate of drug-likeness (QED) is 0.811. The lowest BCUT2D eigenvalue weighted by Gasteiger charge is -2.32. The minimum Gasteiger partial charge on any atom is -0.338 e. The number of rotatable bonds is 6. The molecule has 1 aromatic carbocycles. The van der Waals surface area contributed by atoms with Crippen molar-refractivity contribution in [2.75, 3.05) is 0 Å². The van der Waals surface area contributed by atoms with Gasteiger partial charge in [0, 0.05) is 12.1 Å². The van der Waals surface area contributed by atoms with Gasteiger partial charge in [0.25, 0.3) is 8.53 Å². The van der Waals surface area contributed by atoms with Crippen molar-refractivity contribution in [1.29, 1.82) is 5.26 Å². The van der Waals surface area contributed by atoms with Crippen molar-refractivity contribution in [3.05, 3.63) is 35.4 Å². The summed E-state index contributed by atoms with van der Waals surface area (Å²) in [7, 11) is -1.61. The van der Waals surface area contributed by atoms with Gasteiger partial charge in [-0.1, -0.05) is 12.1 Å². The molecular weight excluding hydrogens is 259 g/mol. The first-order chi connectivity index (χ1) is 8.95. The van der Waals surface area contributed by atoms with Crippen LogP contribution in [0, 0.1) is 11.3 Å². The molecule has 1 atom stereocenters. The second kappa shape index (κ2) is 7.57. The van der Waals surface area contributed by atoms with Crippen LogP contribution < -0.4 is 0 Å². The van der Waals surface area contributed by atoms with E-state index in [0.29, 0.717) is 12.2 Å². The zero-order valence-corrected chi connectivity index (χ0v) is 12.8. The van der Waals surface area contributed by atoms with Gasteiger partial charge >= 0.3 is 0 Å². The molecule has 104 valence electrons. The Morgan fingerprint density at radius 1 is 1.32 bits per heavy atom. The van der Waals surface area contributed by atoms with Crippen molar-refractivity contribution in [2.45, 2.75) is 46.4 Å². The van der Waals surface area contributed by atoms with Gasteiger partial charge in [-0.25, -0.2) is 4.67 Å². The average Bonchev–Trinajstić information content (AvgIpc) is 2.35. The molecule has 1 rings (SSSR count). The molecule has 1 aromatic rings. The van der Waals surface area contributed by atoms with Crippen molar-refractivity contribution in [3.63, 3.8) is 0 Å². The number of hydrogen-bond acceptors (Lipinski definition) is 4. The molecule has 4 nitrogen and oxygen atoms in total. The molecule has 0 saturated carbocycles. The van der Waals surface area contributed by atoms with Gasteiger partial charge in [0.05, 0.1) is 18.2 Å². The lowest BCUT2D eigenvalue weighted by Crippen LogP contribution is -2.32. The van der Waals surface area contributed by atoms with E-state index in [2.05, 4.69) is 6.07 Å². The molecule has 0 aliphatic rings. The topological polar surface area (TPSA) is 56.5 Å². The summed E-state index contributed by atoms with van der Waals surface area (Å²) in [5.41, 5.74) is 1.50. The molecule has 5 heteroatoms. The monoisotopic (exact) mass is 280 g/mol. The number of hydrogen-bond donors (Lipinski definition) is 1. The van der Waals surface area contributed by atoms with Gasteiger partial charge in [-0.15, -0.1) is 0 Å². The Bertz CT molecular complexity index is 435. The summed E-state index contributed by atoms with van der Waals surface area (Å²) in [6.45, 7) is 8.44. The fourth-order valence-electron chi connectivity index (χ4n) is 1.92. The molecule has 1 unspecified atom stereocenters. The van der Waals surface area contributed by atoms with Gasteiger partial charge in [0.2, 0.25) is 0 Å². The maximum atomic E-state index is 10.1. The van der Waals surface area contributed by atoms with Crippen molar-refractivity contribution in [1.82, 2.24) is 4.67 Å². The summed E-state index contributed by atoms with van der Waals surface area (Å²) in [6.07, 6.45) is 0. The van der Waals surface area contributed by atoms with Gasteiger partial charge in [-0.2, -0.15) is 5.26 Å². The van der Waals surface area contributed by atoms with Crippen LogP contribution in [-0.4, -0.2) is 21.6 Å². The Labute approximate surface area is 116 Å². The van der Waals surface area contributed by atoms with Crippen LogP contribution in [0.1, 0.15) is 38.8 Å². The SMILES string of the molecule is CC(C)N(C(C)C)P(O)OCc1cccc(C#N)c1. The molecule has 0 saturated heterocycles. The maximum absolute atomic E-state index is 10.1. The number of benzene rings is 1. The van der Waals surface area contributed by atoms with Gasteiger partial charge in [0.15, 0.2) is 0 Å². The highest BCUT2D eigenvalue weighted by Gasteiger charge is 2.23. The standard InChI is InChI=1S/C14H21N2O2P/c1-11(2)16(12(3)4)19(17)18-10-14-7-5-6-13(8-14)9-15/h5-8,11-12,17H,10H2,1-4H3. The third-order valence-electron chi connectivity index (χ3n) is 2.66. The van der Waals surface area contributed by atoms with E-state index < -0.39 is 8.53 Å². The van der Waals surface area contributed by atoms with Crippen LogP contribution in [0.25, 0.3) is 0 Å². The zero-order valence-electron chi connectivity index (χ0n) is 11.9. The van der Waals surface area contributed by atoms with E-state index in [4.69, 9.17) is 9.79 Å². The third kappa shape index (κ3) is 4.89. The first-order valence-electron chi connectivity index (χ1n) is 6.35. The molecule has 19 heavy (non-hydrogen) atoms.